The molecule has 0 spiro atoms. The van der Waals surface area contributed by atoms with E-state index >= 15 is 0 Å². The second-order valence-electron chi connectivity index (χ2n) is 6.96. The molecule has 0 amide bonds. The van der Waals surface area contributed by atoms with Gasteiger partial charge in [0, 0.05) is 18.1 Å². The summed E-state index contributed by atoms with van der Waals surface area (Å²) in [5.74, 6) is -0.0308. The first-order valence-electron chi connectivity index (χ1n) is 8.30. The summed E-state index contributed by atoms with van der Waals surface area (Å²) in [5.41, 5.74) is 2.39. The van der Waals surface area contributed by atoms with Crippen molar-refractivity contribution in [2.75, 3.05) is 20.6 Å². The summed E-state index contributed by atoms with van der Waals surface area (Å²) < 4.78 is 13.8. The third-order valence-electron chi connectivity index (χ3n) is 5.62. The number of rotatable bonds is 4. The molecule has 0 radical (unpaired) electrons. The van der Waals surface area contributed by atoms with Gasteiger partial charge in [0.25, 0.3) is 0 Å². The van der Waals surface area contributed by atoms with Crippen molar-refractivity contribution in [3.05, 3.63) is 35.1 Å². The smallest absolute Gasteiger partial charge is 0.126 e. The highest BCUT2D eigenvalue weighted by Gasteiger charge is 2.35. The molecule has 21 heavy (non-hydrogen) atoms. The van der Waals surface area contributed by atoms with Crippen LogP contribution in [0.1, 0.15) is 55.7 Å². The van der Waals surface area contributed by atoms with Gasteiger partial charge in [-0.15, -0.1) is 0 Å². The Labute approximate surface area is 127 Å². The molecular weight excluding hydrogens is 263 g/mol. The van der Waals surface area contributed by atoms with Crippen molar-refractivity contribution in [2.45, 2.75) is 56.5 Å². The quantitative estimate of drug-likeness (QED) is 0.910. The van der Waals surface area contributed by atoms with Gasteiger partial charge in [0.1, 0.15) is 5.82 Å². The van der Waals surface area contributed by atoms with Gasteiger partial charge in [-0.3, -0.25) is 0 Å². The topological polar surface area (TPSA) is 15.3 Å². The number of hydrogen-bond donors (Lipinski definition) is 1. The average molecular weight is 290 g/mol. The zero-order valence-corrected chi connectivity index (χ0v) is 13.3. The predicted molar refractivity (Wildman–Crippen MR) is 85.0 cm³/mol. The summed E-state index contributed by atoms with van der Waals surface area (Å²) in [6.07, 6.45) is 8.47. The van der Waals surface area contributed by atoms with Gasteiger partial charge >= 0.3 is 0 Å². The molecule has 0 heterocycles. The van der Waals surface area contributed by atoms with Crippen LogP contribution in [0.3, 0.4) is 0 Å². The van der Waals surface area contributed by atoms with E-state index in [1.54, 1.807) is 6.07 Å². The van der Waals surface area contributed by atoms with Crippen molar-refractivity contribution in [1.29, 1.82) is 0 Å². The van der Waals surface area contributed by atoms with E-state index in [0.29, 0.717) is 6.04 Å². The van der Waals surface area contributed by atoms with Crippen molar-refractivity contribution in [3.8, 4) is 0 Å². The number of benzene rings is 1. The van der Waals surface area contributed by atoms with Gasteiger partial charge in [0.2, 0.25) is 0 Å². The molecule has 1 N–H and O–H groups in total. The molecular formula is C18H27FN2. The number of likely N-dealkylation sites (N-methyl/N-ethyl adjacent to an activating group) is 1. The maximum absolute atomic E-state index is 13.8. The maximum Gasteiger partial charge on any atom is 0.126 e. The molecule has 1 unspecified atom stereocenters. The molecule has 1 aromatic rings. The monoisotopic (exact) mass is 290 g/mol. The summed E-state index contributed by atoms with van der Waals surface area (Å²) in [5, 5.41) is 3.75. The Bertz CT molecular complexity index is 492. The summed E-state index contributed by atoms with van der Waals surface area (Å²) in [7, 11) is 4.41. The highest BCUT2D eigenvalue weighted by molar-refractivity contribution is 5.35. The van der Waals surface area contributed by atoms with Crippen LogP contribution in [-0.2, 0) is 6.42 Å². The van der Waals surface area contributed by atoms with E-state index in [0.717, 1.165) is 24.9 Å². The summed E-state index contributed by atoms with van der Waals surface area (Å²) in [6, 6.07) is 5.85. The molecule has 116 valence electrons. The van der Waals surface area contributed by atoms with Crippen LogP contribution in [-0.4, -0.2) is 31.1 Å². The van der Waals surface area contributed by atoms with Gasteiger partial charge in [-0.1, -0.05) is 31.4 Å². The summed E-state index contributed by atoms with van der Waals surface area (Å²) >= 11 is 0. The fourth-order valence-electron chi connectivity index (χ4n) is 4.13. The van der Waals surface area contributed by atoms with E-state index in [4.69, 9.17) is 0 Å². The van der Waals surface area contributed by atoms with Crippen LogP contribution >= 0.6 is 0 Å². The minimum Gasteiger partial charge on any atom is -0.308 e. The third kappa shape index (κ3) is 2.86. The standard InChI is InChI=1S/C18H27FN2/c1-21(2)18(11-4-3-5-12-18)13-20-17-10-9-14-15(17)7-6-8-16(14)19/h6-8,17,20H,3-5,9-13H2,1-2H3. The van der Waals surface area contributed by atoms with E-state index in [2.05, 4.69) is 30.4 Å². The molecule has 0 aromatic heterocycles. The molecule has 0 aliphatic heterocycles. The fourth-order valence-corrected chi connectivity index (χ4v) is 4.13. The van der Waals surface area contributed by atoms with E-state index < -0.39 is 0 Å². The van der Waals surface area contributed by atoms with E-state index in [1.807, 2.05) is 6.07 Å². The molecule has 2 aliphatic rings. The lowest BCUT2D eigenvalue weighted by molar-refractivity contribution is 0.0951. The van der Waals surface area contributed by atoms with Crippen LogP contribution in [0.25, 0.3) is 0 Å². The van der Waals surface area contributed by atoms with E-state index in [-0.39, 0.29) is 11.4 Å². The Kier molecular flexibility index (Phi) is 4.32. The highest BCUT2D eigenvalue weighted by atomic mass is 19.1. The van der Waals surface area contributed by atoms with Crippen LogP contribution in [0, 0.1) is 5.82 Å². The van der Waals surface area contributed by atoms with Crippen LogP contribution < -0.4 is 5.32 Å². The van der Waals surface area contributed by atoms with Crippen LogP contribution in [0.2, 0.25) is 0 Å². The van der Waals surface area contributed by atoms with Crippen molar-refractivity contribution in [1.82, 2.24) is 10.2 Å². The van der Waals surface area contributed by atoms with Crippen molar-refractivity contribution in [3.63, 3.8) is 0 Å². The first-order valence-corrected chi connectivity index (χ1v) is 8.30. The molecule has 1 fully saturated rings. The Balaban J connectivity index is 1.70. The van der Waals surface area contributed by atoms with Crippen molar-refractivity contribution < 1.29 is 4.39 Å². The normalized spacial score (nSPS) is 24.3. The number of nitrogens with one attached hydrogen (secondary N) is 1. The Morgan fingerprint density at radius 1 is 1.24 bits per heavy atom. The van der Waals surface area contributed by atoms with Gasteiger partial charge in [-0.25, -0.2) is 4.39 Å². The molecule has 1 saturated carbocycles. The first kappa shape index (κ1) is 15.0. The minimum atomic E-state index is -0.0308. The predicted octanol–water partition coefficient (Wildman–Crippen LogP) is 3.67. The van der Waals surface area contributed by atoms with Crippen LogP contribution in [0.5, 0.6) is 0 Å². The fraction of sp³-hybridized carbons (Fsp3) is 0.667. The molecule has 3 rings (SSSR count). The van der Waals surface area contributed by atoms with Crippen LogP contribution in [0.4, 0.5) is 4.39 Å². The van der Waals surface area contributed by atoms with E-state index in [1.165, 1.54) is 37.7 Å². The lowest BCUT2D eigenvalue weighted by Crippen LogP contribution is -2.53. The second kappa shape index (κ2) is 6.05. The maximum atomic E-state index is 13.8. The Hall–Kier alpha value is -0.930. The van der Waals surface area contributed by atoms with Crippen molar-refractivity contribution >= 4 is 0 Å². The average Bonchev–Trinajstić information content (AvgIpc) is 2.91. The van der Waals surface area contributed by atoms with E-state index in [9.17, 15) is 4.39 Å². The van der Waals surface area contributed by atoms with Gasteiger partial charge in [0.15, 0.2) is 0 Å². The Morgan fingerprint density at radius 2 is 2.00 bits per heavy atom. The Morgan fingerprint density at radius 3 is 2.71 bits per heavy atom. The molecule has 0 bridgehead atoms. The largest absolute Gasteiger partial charge is 0.308 e. The van der Waals surface area contributed by atoms with Crippen LogP contribution in [0.15, 0.2) is 18.2 Å². The van der Waals surface area contributed by atoms with Gasteiger partial charge in [-0.2, -0.15) is 0 Å². The van der Waals surface area contributed by atoms with Gasteiger partial charge in [0.05, 0.1) is 0 Å². The van der Waals surface area contributed by atoms with Gasteiger partial charge < -0.3 is 10.2 Å². The number of hydrogen-bond acceptors (Lipinski definition) is 2. The lowest BCUT2D eigenvalue weighted by Gasteiger charge is -2.44. The number of nitrogens with zero attached hydrogens (tertiary/aromatic N) is 1. The third-order valence-corrected chi connectivity index (χ3v) is 5.62. The molecule has 0 saturated heterocycles. The minimum absolute atomic E-state index is 0.0308. The zero-order valence-electron chi connectivity index (χ0n) is 13.3. The summed E-state index contributed by atoms with van der Waals surface area (Å²) in [4.78, 5) is 2.40. The van der Waals surface area contributed by atoms with Crippen molar-refractivity contribution in [2.24, 2.45) is 0 Å². The molecule has 1 aromatic carbocycles. The number of fused-ring (bicyclic) bond motifs is 1. The second-order valence-corrected chi connectivity index (χ2v) is 6.96. The zero-order chi connectivity index (χ0) is 14.9. The lowest BCUT2D eigenvalue weighted by atomic mass is 9.80. The van der Waals surface area contributed by atoms with Gasteiger partial charge in [-0.05, 0) is 57.0 Å². The molecule has 3 heteroatoms. The molecule has 2 nitrogen and oxygen atoms in total. The highest BCUT2D eigenvalue weighted by Crippen LogP contribution is 2.35. The molecule has 2 aliphatic carbocycles. The SMILES string of the molecule is CN(C)C1(CNC2CCc3c(F)cccc32)CCCCC1. The summed E-state index contributed by atoms with van der Waals surface area (Å²) in [6.45, 7) is 1.01. The molecule has 1 atom stereocenters. The number of halogens is 1. The first-order chi connectivity index (χ1) is 10.1.